The summed E-state index contributed by atoms with van der Waals surface area (Å²) in [7, 11) is 1.42. The number of hydrogen-bond acceptors (Lipinski definition) is 6. The molecule has 1 saturated carbocycles. The lowest BCUT2D eigenvalue weighted by Crippen LogP contribution is -2.48. The second-order valence-corrected chi connectivity index (χ2v) is 12.9. The van der Waals surface area contributed by atoms with Crippen LogP contribution in [-0.4, -0.2) is 35.8 Å². The molecule has 7 rings (SSSR count). The van der Waals surface area contributed by atoms with Crippen LogP contribution in [0.3, 0.4) is 0 Å². The lowest BCUT2D eigenvalue weighted by atomic mass is 9.51. The largest absolute Gasteiger partial charge is 0.504 e. The van der Waals surface area contributed by atoms with Gasteiger partial charge in [0.05, 0.1) is 46.7 Å². The summed E-state index contributed by atoms with van der Waals surface area (Å²) in [5.74, 6) is -5.67. The standard InChI is InChI=1S/C36H30ClFN2O6/c1-4-18-5-8-20(9-6-18)39-32(42)23-12-11-22-24(30(23)34(39)44)17-25-33(43)40(21-10-13-27(38)26(37)16-21)35(45)36(25,2)31(22)19-7-14-28(41)29(15-19)46-3/h4-11,13-16,23-25,30-31,41H,1,12,17H2,2-3H3. The quantitative estimate of drug-likeness (QED) is 0.260. The highest BCUT2D eigenvalue weighted by Gasteiger charge is 2.67. The molecule has 2 aliphatic carbocycles. The van der Waals surface area contributed by atoms with Gasteiger partial charge in [-0.3, -0.25) is 24.1 Å². The Labute approximate surface area is 269 Å². The van der Waals surface area contributed by atoms with Gasteiger partial charge in [-0.05, 0) is 79.3 Å². The van der Waals surface area contributed by atoms with E-state index in [1.807, 2.05) is 6.08 Å². The van der Waals surface area contributed by atoms with E-state index in [2.05, 4.69) is 6.58 Å². The fourth-order valence-corrected chi connectivity index (χ4v) is 8.33. The van der Waals surface area contributed by atoms with E-state index in [0.29, 0.717) is 11.3 Å². The van der Waals surface area contributed by atoms with Crippen LogP contribution in [0, 0.1) is 34.9 Å². The monoisotopic (exact) mass is 640 g/mol. The SMILES string of the molecule is C=Cc1ccc(N2C(=O)C3CC=C4C(CC5C(=O)N(c6ccc(F)c(Cl)c6)C(=O)C5(C)C4c4ccc(O)c(OC)c4)C3C2=O)cc1. The number of amides is 4. The number of fused-ring (bicyclic) bond motifs is 4. The minimum absolute atomic E-state index is 0.0934. The molecule has 234 valence electrons. The molecule has 46 heavy (non-hydrogen) atoms. The van der Waals surface area contributed by atoms with Gasteiger partial charge in [0, 0.05) is 5.92 Å². The van der Waals surface area contributed by atoms with Crippen LogP contribution in [0.1, 0.15) is 36.8 Å². The molecular weight excluding hydrogens is 611 g/mol. The number of carbonyl (C=O) groups excluding carboxylic acids is 4. The van der Waals surface area contributed by atoms with Crippen molar-refractivity contribution in [3.8, 4) is 11.5 Å². The van der Waals surface area contributed by atoms with E-state index < -0.39 is 52.6 Å². The second-order valence-electron chi connectivity index (χ2n) is 12.5. The zero-order valence-corrected chi connectivity index (χ0v) is 25.8. The highest BCUT2D eigenvalue weighted by Crippen LogP contribution is 2.64. The lowest BCUT2D eigenvalue weighted by Gasteiger charge is -2.49. The molecule has 6 unspecified atom stereocenters. The summed E-state index contributed by atoms with van der Waals surface area (Å²) in [5.41, 5.74) is 1.54. The van der Waals surface area contributed by atoms with Gasteiger partial charge in [-0.1, -0.05) is 54.1 Å². The van der Waals surface area contributed by atoms with Crippen LogP contribution in [0.5, 0.6) is 11.5 Å². The van der Waals surface area contributed by atoms with Crippen LogP contribution in [0.4, 0.5) is 15.8 Å². The molecule has 1 N–H and O–H groups in total. The number of ether oxygens (including phenoxy) is 1. The maximum Gasteiger partial charge on any atom is 0.241 e. The molecule has 3 aromatic carbocycles. The average Bonchev–Trinajstić information content (AvgIpc) is 3.42. The van der Waals surface area contributed by atoms with Gasteiger partial charge < -0.3 is 9.84 Å². The van der Waals surface area contributed by atoms with Crippen molar-refractivity contribution in [3.05, 3.63) is 101 Å². The molecule has 2 saturated heterocycles. The summed E-state index contributed by atoms with van der Waals surface area (Å²) in [6.45, 7) is 5.50. The van der Waals surface area contributed by atoms with Crippen molar-refractivity contribution in [1.29, 1.82) is 0 Å². The normalized spacial score (nSPS) is 28.5. The zero-order valence-electron chi connectivity index (χ0n) is 25.1. The molecule has 0 bridgehead atoms. The molecule has 2 heterocycles. The summed E-state index contributed by atoms with van der Waals surface area (Å²) in [4.78, 5) is 59.1. The number of phenols is 1. The highest BCUT2D eigenvalue weighted by molar-refractivity contribution is 6.32. The van der Waals surface area contributed by atoms with E-state index in [4.69, 9.17) is 16.3 Å². The van der Waals surface area contributed by atoms with Crippen LogP contribution >= 0.6 is 11.6 Å². The minimum Gasteiger partial charge on any atom is -0.504 e. The maximum absolute atomic E-state index is 14.5. The summed E-state index contributed by atoms with van der Waals surface area (Å²) in [6.07, 6.45) is 4.07. The first-order valence-corrected chi connectivity index (χ1v) is 15.4. The number of nitrogens with zero attached hydrogens (tertiary/aromatic N) is 2. The summed E-state index contributed by atoms with van der Waals surface area (Å²) < 4.78 is 19.5. The minimum atomic E-state index is -1.32. The van der Waals surface area contributed by atoms with Crippen molar-refractivity contribution in [1.82, 2.24) is 0 Å². The highest BCUT2D eigenvalue weighted by atomic mass is 35.5. The third kappa shape index (κ3) is 4.10. The van der Waals surface area contributed by atoms with Crippen molar-refractivity contribution in [2.45, 2.75) is 25.7 Å². The summed E-state index contributed by atoms with van der Waals surface area (Å²) in [6, 6.07) is 15.5. The van der Waals surface area contributed by atoms with Crippen LogP contribution < -0.4 is 14.5 Å². The summed E-state index contributed by atoms with van der Waals surface area (Å²) >= 11 is 6.07. The van der Waals surface area contributed by atoms with Crippen molar-refractivity contribution < 1.29 is 33.4 Å². The third-order valence-electron chi connectivity index (χ3n) is 10.4. The predicted octanol–water partition coefficient (Wildman–Crippen LogP) is 6.27. The van der Waals surface area contributed by atoms with Crippen molar-refractivity contribution in [2.75, 3.05) is 16.9 Å². The number of carbonyl (C=O) groups is 4. The number of anilines is 2. The van der Waals surface area contributed by atoms with Gasteiger partial charge in [0.15, 0.2) is 11.5 Å². The fourth-order valence-electron chi connectivity index (χ4n) is 8.15. The molecule has 6 atom stereocenters. The van der Waals surface area contributed by atoms with Crippen molar-refractivity contribution >= 4 is 52.7 Å². The number of imide groups is 2. The van der Waals surface area contributed by atoms with E-state index in [-0.39, 0.29) is 46.9 Å². The Morgan fingerprint density at radius 3 is 2.35 bits per heavy atom. The Hall–Kier alpha value is -4.76. The molecule has 4 amide bonds. The van der Waals surface area contributed by atoms with Gasteiger partial charge in [0.1, 0.15) is 5.82 Å². The van der Waals surface area contributed by atoms with Crippen LogP contribution in [0.25, 0.3) is 6.08 Å². The number of halogens is 2. The van der Waals surface area contributed by atoms with Crippen LogP contribution in [-0.2, 0) is 19.2 Å². The zero-order chi connectivity index (χ0) is 32.7. The molecule has 3 fully saturated rings. The molecule has 10 heteroatoms. The molecule has 0 radical (unpaired) electrons. The smallest absolute Gasteiger partial charge is 0.241 e. The first kappa shape index (κ1) is 29.9. The Kier molecular flexibility index (Phi) is 6.93. The number of benzene rings is 3. The van der Waals surface area contributed by atoms with E-state index in [0.717, 1.165) is 22.1 Å². The molecule has 8 nitrogen and oxygen atoms in total. The van der Waals surface area contributed by atoms with Crippen LogP contribution in [0.2, 0.25) is 5.02 Å². The predicted molar refractivity (Wildman–Crippen MR) is 170 cm³/mol. The molecule has 0 aromatic heterocycles. The third-order valence-corrected chi connectivity index (χ3v) is 10.6. The van der Waals surface area contributed by atoms with Gasteiger partial charge in [-0.2, -0.15) is 0 Å². The topological polar surface area (TPSA) is 104 Å². The van der Waals surface area contributed by atoms with E-state index in [9.17, 15) is 28.7 Å². The maximum atomic E-state index is 14.5. The Bertz CT molecular complexity index is 1890. The molecule has 2 aliphatic heterocycles. The first-order valence-electron chi connectivity index (χ1n) is 15.0. The number of rotatable bonds is 5. The van der Waals surface area contributed by atoms with Gasteiger partial charge in [-0.25, -0.2) is 9.29 Å². The van der Waals surface area contributed by atoms with Crippen molar-refractivity contribution in [3.63, 3.8) is 0 Å². The van der Waals surface area contributed by atoms with Gasteiger partial charge in [-0.15, -0.1) is 0 Å². The summed E-state index contributed by atoms with van der Waals surface area (Å²) in [5, 5.41) is 10.2. The lowest BCUT2D eigenvalue weighted by molar-refractivity contribution is -0.131. The number of aromatic hydroxyl groups is 1. The van der Waals surface area contributed by atoms with Crippen molar-refractivity contribution in [2.24, 2.45) is 29.1 Å². The number of allylic oxidation sites excluding steroid dienone is 2. The molecule has 0 spiro atoms. The van der Waals surface area contributed by atoms with E-state index in [1.54, 1.807) is 49.4 Å². The van der Waals surface area contributed by atoms with Gasteiger partial charge in [0.2, 0.25) is 23.6 Å². The van der Waals surface area contributed by atoms with E-state index in [1.165, 1.54) is 30.2 Å². The first-order chi connectivity index (χ1) is 22.0. The molecule has 4 aliphatic rings. The Morgan fingerprint density at radius 1 is 0.957 bits per heavy atom. The second kappa shape index (κ2) is 10.7. The van der Waals surface area contributed by atoms with Gasteiger partial charge in [0.25, 0.3) is 0 Å². The average molecular weight is 641 g/mol. The number of hydrogen-bond donors (Lipinski definition) is 1. The number of phenolic OH excluding ortho intramolecular Hbond substituents is 1. The van der Waals surface area contributed by atoms with E-state index >= 15 is 0 Å². The Balaban J connectivity index is 1.36. The molecule has 3 aromatic rings. The Morgan fingerprint density at radius 2 is 1.67 bits per heavy atom. The molecular formula is C36H30ClFN2O6. The van der Waals surface area contributed by atoms with Crippen LogP contribution in [0.15, 0.2) is 78.9 Å². The van der Waals surface area contributed by atoms with Gasteiger partial charge >= 0.3 is 0 Å². The fraction of sp³-hybridized carbons (Fsp3) is 0.278. The number of methoxy groups -OCH3 is 1.